The number of carbonyl (C=O) groups is 1. The van der Waals surface area contributed by atoms with Crippen molar-refractivity contribution in [3.05, 3.63) is 59.2 Å². The van der Waals surface area contributed by atoms with Gasteiger partial charge in [-0.15, -0.1) is 0 Å². The minimum absolute atomic E-state index is 0.0859. The average Bonchev–Trinajstić information content (AvgIpc) is 2.86. The van der Waals surface area contributed by atoms with Gasteiger partial charge in [-0.3, -0.25) is 4.90 Å². The van der Waals surface area contributed by atoms with Crippen LogP contribution in [-0.4, -0.2) is 62.3 Å². The molecule has 2 fully saturated rings. The van der Waals surface area contributed by atoms with E-state index < -0.39 is 0 Å². The Hall–Kier alpha value is -2.73. The molecule has 6 nitrogen and oxygen atoms in total. The van der Waals surface area contributed by atoms with Crippen LogP contribution < -0.4 is 14.8 Å². The lowest BCUT2D eigenvalue weighted by atomic mass is 9.76. The lowest BCUT2D eigenvalue weighted by Crippen LogP contribution is -2.59. The molecule has 2 aromatic rings. The maximum Gasteiger partial charge on any atom is 0.317 e. The summed E-state index contributed by atoms with van der Waals surface area (Å²) in [6, 6.07) is 15.2. The molecule has 0 saturated carbocycles. The van der Waals surface area contributed by atoms with E-state index in [4.69, 9.17) is 9.47 Å². The second kappa shape index (κ2) is 9.64. The molecule has 0 radical (unpaired) electrons. The number of nitrogens with zero attached hydrogens (tertiary/aromatic N) is 2. The number of nitrogens with one attached hydrogen (secondary N) is 1. The van der Waals surface area contributed by atoms with Gasteiger partial charge in [0.2, 0.25) is 0 Å². The van der Waals surface area contributed by atoms with Crippen molar-refractivity contribution in [1.82, 2.24) is 15.1 Å². The number of hydrogen-bond donors (Lipinski definition) is 1. The van der Waals surface area contributed by atoms with Crippen molar-refractivity contribution in [3.63, 3.8) is 0 Å². The first-order chi connectivity index (χ1) is 16.2. The summed E-state index contributed by atoms with van der Waals surface area (Å²) in [5.74, 6) is 2.19. The first-order valence-electron chi connectivity index (χ1n) is 12.3. The van der Waals surface area contributed by atoms with Crippen molar-refractivity contribution in [3.8, 4) is 11.5 Å². The fraction of sp³-hybridized carbons (Fsp3) is 0.519. The fourth-order valence-electron chi connectivity index (χ4n) is 6.17. The van der Waals surface area contributed by atoms with Gasteiger partial charge in [-0.05, 0) is 55.2 Å². The Kier molecular flexibility index (Phi) is 6.45. The number of likely N-dealkylation sites (tertiary alicyclic amines) is 1. The summed E-state index contributed by atoms with van der Waals surface area (Å²) in [4.78, 5) is 18.0. The second-order valence-corrected chi connectivity index (χ2v) is 9.50. The van der Waals surface area contributed by atoms with Gasteiger partial charge in [0, 0.05) is 43.8 Å². The van der Waals surface area contributed by atoms with Gasteiger partial charge < -0.3 is 19.7 Å². The van der Waals surface area contributed by atoms with Crippen molar-refractivity contribution in [2.24, 2.45) is 5.92 Å². The van der Waals surface area contributed by atoms with E-state index in [2.05, 4.69) is 33.3 Å². The van der Waals surface area contributed by atoms with Crippen LogP contribution in [0.2, 0.25) is 0 Å². The highest BCUT2D eigenvalue weighted by atomic mass is 16.5. The van der Waals surface area contributed by atoms with E-state index >= 15 is 0 Å². The third kappa shape index (κ3) is 4.29. The molecular formula is C27H35N3O3. The lowest BCUT2D eigenvalue weighted by molar-refractivity contribution is 0.00491. The number of rotatable bonds is 5. The molecule has 33 heavy (non-hydrogen) atoms. The molecule has 0 bridgehead atoms. The smallest absolute Gasteiger partial charge is 0.317 e. The quantitative estimate of drug-likeness (QED) is 0.749. The minimum Gasteiger partial charge on any atom is -0.493 e. The maximum atomic E-state index is 13.2. The monoisotopic (exact) mass is 449 g/mol. The Morgan fingerprint density at radius 3 is 2.73 bits per heavy atom. The van der Waals surface area contributed by atoms with E-state index in [9.17, 15) is 4.79 Å². The molecule has 0 spiro atoms. The normalized spacial score (nSPS) is 24.3. The summed E-state index contributed by atoms with van der Waals surface area (Å²) < 4.78 is 11.5. The minimum atomic E-state index is 0.0859. The Balaban J connectivity index is 1.33. The Morgan fingerprint density at radius 2 is 1.94 bits per heavy atom. The van der Waals surface area contributed by atoms with Gasteiger partial charge in [0.05, 0.1) is 14.2 Å². The molecular weight excluding hydrogens is 414 g/mol. The molecule has 5 rings (SSSR count). The number of carbonyl (C=O) groups excluding carboxylic acids is 1. The zero-order chi connectivity index (χ0) is 22.8. The Morgan fingerprint density at radius 1 is 1.09 bits per heavy atom. The van der Waals surface area contributed by atoms with Gasteiger partial charge in [-0.25, -0.2) is 4.79 Å². The van der Waals surface area contributed by atoms with Crippen LogP contribution >= 0.6 is 0 Å². The third-order valence-electron chi connectivity index (χ3n) is 7.76. The lowest BCUT2D eigenvalue weighted by Gasteiger charge is -2.52. The molecule has 176 valence electrons. The van der Waals surface area contributed by atoms with Crippen molar-refractivity contribution in [2.45, 2.75) is 44.2 Å². The molecule has 2 aromatic carbocycles. The van der Waals surface area contributed by atoms with Gasteiger partial charge in [0.25, 0.3) is 0 Å². The van der Waals surface area contributed by atoms with Crippen LogP contribution in [0.5, 0.6) is 11.5 Å². The second-order valence-electron chi connectivity index (χ2n) is 9.50. The van der Waals surface area contributed by atoms with Crippen molar-refractivity contribution >= 4 is 6.03 Å². The number of urea groups is 1. The Labute approximate surface area is 196 Å². The van der Waals surface area contributed by atoms with Gasteiger partial charge in [-0.2, -0.15) is 0 Å². The number of hydrogen-bond acceptors (Lipinski definition) is 4. The molecule has 3 aliphatic rings. The first kappa shape index (κ1) is 22.1. The summed E-state index contributed by atoms with van der Waals surface area (Å²) in [5.41, 5.74) is 3.86. The molecule has 0 aromatic heterocycles. The molecule has 2 amide bonds. The zero-order valence-electron chi connectivity index (χ0n) is 19.8. The van der Waals surface area contributed by atoms with Crippen LogP contribution in [-0.2, 0) is 12.8 Å². The summed E-state index contributed by atoms with van der Waals surface area (Å²) >= 11 is 0. The molecule has 3 atom stereocenters. The zero-order valence-corrected chi connectivity index (χ0v) is 19.8. The van der Waals surface area contributed by atoms with E-state index in [0.717, 1.165) is 56.8 Å². The van der Waals surface area contributed by atoms with Crippen LogP contribution in [0.4, 0.5) is 4.79 Å². The van der Waals surface area contributed by atoms with Gasteiger partial charge in [-0.1, -0.05) is 36.4 Å². The number of amides is 2. The number of ether oxygens (including phenoxy) is 2. The van der Waals surface area contributed by atoms with Crippen LogP contribution in [0.1, 0.15) is 42.0 Å². The van der Waals surface area contributed by atoms with E-state index in [0.29, 0.717) is 12.5 Å². The van der Waals surface area contributed by atoms with E-state index in [1.807, 2.05) is 24.3 Å². The fourth-order valence-corrected chi connectivity index (χ4v) is 6.17. The third-order valence-corrected chi connectivity index (χ3v) is 7.76. The summed E-state index contributed by atoms with van der Waals surface area (Å²) in [5, 5.41) is 3.19. The number of benzene rings is 2. The highest BCUT2D eigenvalue weighted by Crippen LogP contribution is 2.48. The summed E-state index contributed by atoms with van der Waals surface area (Å²) in [6.45, 7) is 3.62. The number of fused-ring (bicyclic) bond motifs is 4. The van der Waals surface area contributed by atoms with Gasteiger partial charge in [0.15, 0.2) is 11.5 Å². The number of methoxy groups -OCH3 is 2. The molecule has 6 heteroatoms. The summed E-state index contributed by atoms with van der Waals surface area (Å²) in [6.07, 6.45) is 5.12. The molecule has 3 heterocycles. The van der Waals surface area contributed by atoms with Gasteiger partial charge >= 0.3 is 6.03 Å². The van der Waals surface area contributed by atoms with E-state index in [1.54, 1.807) is 14.2 Å². The largest absolute Gasteiger partial charge is 0.493 e. The first-order valence-corrected chi connectivity index (χ1v) is 12.3. The highest BCUT2D eigenvalue weighted by molar-refractivity contribution is 5.74. The molecule has 1 N–H and O–H groups in total. The molecule has 0 unspecified atom stereocenters. The molecule has 0 aliphatic carbocycles. The standard InChI is InChI=1S/C27H35N3O3/c1-32-24-11-10-20-13-16-29-18-21-9-6-15-30(22(21)17-23(29)25(20)26(24)33-2)27(31)28-14-12-19-7-4-3-5-8-19/h3-5,7-8,10-11,21-23H,6,9,12-18H2,1-2H3,(H,28,31)/t21-,22+,23+/m1/s1. The Bertz CT molecular complexity index is 980. The number of piperidine rings is 2. The van der Waals surface area contributed by atoms with E-state index in [-0.39, 0.29) is 18.1 Å². The summed E-state index contributed by atoms with van der Waals surface area (Å²) in [7, 11) is 3.43. The van der Waals surface area contributed by atoms with Crippen molar-refractivity contribution < 1.29 is 14.3 Å². The van der Waals surface area contributed by atoms with Crippen LogP contribution in [0.25, 0.3) is 0 Å². The maximum absolute atomic E-state index is 13.2. The predicted molar refractivity (Wildman–Crippen MR) is 129 cm³/mol. The van der Waals surface area contributed by atoms with Crippen LogP contribution in [0.15, 0.2) is 42.5 Å². The SMILES string of the molecule is COc1ccc2c(c1OC)[C@@H]1C[C@H]3[C@H](CCCN3C(=O)NCCc3ccccc3)CN1CC2. The molecule has 3 aliphatic heterocycles. The highest BCUT2D eigenvalue weighted by Gasteiger charge is 2.45. The molecule has 2 saturated heterocycles. The van der Waals surface area contributed by atoms with Gasteiger partial charge in [0.1, 0.15) is 0 Å². The van der Waals surface area contributed by atoms with Crippen molar-refractivity contribution in [1.29, 1.82) is 0 Å². The average molecular weight is 450 g/mol. The van der Waals surface area contributed by atoms with E-state index in [1.165, 1.54) is 23.1 Å². The topological polar surface area (TPSA) is 54.0 Å². The van der Waals surface area contributed by atoms with Crippen LogP contribution in [0, 0.1) is 5.92 Å². The van der Waals surface area contributed by atoms with Crippen LogP contribution in [0.3, 0.4) is 0 Å². The van der Waals surface area contributed by atoms with Crippen molar-refractivity contribution in [2.75, 3.05) is 40.4 Å². The predicted octanol–water partition coefficient (Wildman–Crippen LogP) is 4.04.